The van der Waals surface area contributed by atoms with Crippen molar-refractivity contribution >= 4 is 17.1 Å². The second kappa shape index (κ2) is 6.49. The number of benzene rings is 1. The van der Waals surface area contributed by atoms with Crippen LogP contribution < -0.4 is 11.3 Å². The first kappa shape index (κ1) is 16.6. The molecule has 3 aromatic heterocycles. The van der Waals surface area contributed by atoms with Crippen LogP contribution in [0.25, 0.3) is 22.7 Å². The molecule has 0 amide bonds. The Kier molecular flexibility index (Phi) is 4.00. The van der Waals surface area contributed by atoms with Crippen molar-refractivity contribution in [2.45, 2.75) is 13.3 Å². The Morgan fingerprint density at radius 1 is 1.19 bits per heavy atom. The predicted octanol–water partition coefficient (Wildman–Crippen LogP) is 1.98. The molecule has 1 aromatic carbocycles. The summed E-state index contributed by atoms with van der Waals surface area (Å²) in [5, 5.41) is 4.56. The van der Waals surface area contributed by atoms with E-state index in [1.807, 2.05) is 31.2 Å². The van der Waals surface area contributed by atoms with Crippen LogP contribution in [-0.2, 0) is 6.42 Å². The van der Waals surface area contributed by atoms with E-state index in [0.717, 1.165) is 5.56 Å². The summed E-state index contributed by atoms with van der Waals surface area (Å²) in [5.74, 6) is 1.33. The molecule has 3 heterocycles. The molecule has 4 rings (SSSR count). The van der Waals surface area contributed by atoms with Gasteiger partial charge in [0.2, 0.25) is 5.95 Å². The summed E-state index contributed by atoms with van der Waals surface area (Å²) in [4.78, 5) is 25.3. The van der Waals surface area contributed by atoms with Gasteiger partial charge >= 0.3 is 0 Å². The zero-order chi connectivity index (χ0) is 19.0. The monoisotopic (exact) mass is 359 g/mol. The van der Waals surface area contributed by atoms with Gasteiger partial charge in [0.1, 0.15) is 11.3 Å². The molecule has 8 heteroatoms. The highest BCUT2D eigenvalue weighted by atomic mass is 16.1. The molecule has 8 nitrogen and oxygen atoms in total. The SMILES string of the molecule is C=CCc1nc2cnc(N)nc2n1-c1ccc(=O)n(-c2ccccc2C)n1. The van der Waals surface area contributed by atoms with Gasteiger partial charge in [-0.05, 0) is 24.6 Å². The minimum Gasteiger partial charge on any atom is -0.368 e. The third-order valence-electron chi connectivity index (χ3n) is 4.17. The van der Waals surface area contributed by atoms with Crippen LogP contribution in [0.5, 0.6) is 0 Å². The van der Waals surface area contributed by atoms with Crippen molar-refractivity contribution < 1.29 is 0 Å². The van der Waals surface area contributed by atoms with Crippen molar-refractivity contribution in [3.05, 3.63) is 77.0 Å². The topological polar surface area (TPSA) is 105 Å². The van der Waals surface area contributed by atoms with E-state index < -0.39 is 0 Å². The molecule has 27 heavy (non-hydrogen) atoms. The first-order chi connectivity index (χ1) is 13.1. The largest absolute Gasteiger partial charge is 0.368 e. The number of nitrogen functional groups attached to an aromatic ring is 1. The van der Waals surface area contributed by atoms with Gasteiger partial charge in [0.05, 0.1) is 11.9 Å². The van der Waals surface area contributed by atoms with E-state index in [0.29, 0.717) is 34.9 Å². The van der Waals surface area contributed by atoms with Crippen LogP contribution in [0.3, 0.4) is 0 Å². The van der Waals surface area contributed by atoms with Crippen LogP contribution in [-0.4, -0.2) is 29.3 Å². The standard InChI is InChI=1S/C19H17N7O/c1-3-6-15-22-13-11-21-19(20)23-18(13)25(15)16-9-10-17(27)26(24-16)14-8-5-4-7-12(14)2/h3-5,7-11H,1,6H2,2H3,(H2,20,21,23). The Morgan fingerprint density at radius 2 is 2.00 bits per heavy atom. The third kappa shape index (κ3) is 2.86. The summed E-state index contributed by atoms with van der Waals surface area (Å²) in [6.07, 6.45) is 3.81. The van der Waals surface area contributed by atoms with E-state index in [1.54, 1.807) is 22.9 Å². The molecule has 4 aromatic rings. The van der Waals surface area contributed by atoms with Crippen molar-refractivity contribution in [1.82, 2.24) is 29.3 Å². The zero-order valence-electron chi connectivity index (χ0n) is 14.7. The molecule has 0 atom stereocenters. The number of anilines is 1. The number of rotatable bonds is 4. The number of nitrogens with two attached hydrogens (primary N) is 1. The normalized spacial score (nSPS) is 11.0. The summed E-state index contributed by atoms with van der Waals surface area (Å²) in [6, 6.07) is 10.7. The molecule has 0 radical (unpaired) electrons. The van der Waals surface area contributed by atoms with Crippen molar-refractivity contribution in [2.75, 3.05) is 5.73 Å². The van der Waals surface area contributed by atoms with Gasteiger partial charge in [-0.1, -0.05) is 24.3 Å². The smallest absolute Gasteiger partial charge is 0.271 e. The lowest BCUT2D eigenvalue weighted by Gasteiger charge is -2.11. The molecule has 0 saturated heterocycles. The first-order valence-electron chi connectivity index (χ1n) is 8.36. The Hall–Kier alpha value is -3.81. The fourth-order valence-electron chi connectivity index (χ4n) is 2.94. The molecule has 2 N–H and O–H groups in total. The van der Waals surface area contributed by atoms with Gasteiger partial charge in [0.25, 0.3) is 5.56 Å². The van der Waals surface area contributed by atoms with E-state index in [4.69, 9.17) is 5.73 Å². The molecular formula is C19H17N7O. The van der Waals surface area contributed by atoms with Crippen molar-refractivity contribution in [3.63, 3.8) is 0 Å². The maximum absolute atomic E-state index is 12.4. The maximum atomic E-state index is 12.4. The van der Waals surface area contributed by atoms with E-state index in [9.17, 15) is 4.79 Å². The quantitative estimate of drug-likeness (QED) is 0.559. The summed E-state index contributed by atoms with van der Waals surface area (Å²) in [7, 11) is 0. The average molecular weight is 359 g/mol. The molecule has 0 spiro atoms. The van der Waals surface area contributed by atoms with Gasteiger partial charge < -0.3 is 5.73 Å². The molecule has 134 valence electrons. The molecular weight excluding hydrogens is 342 g/mol. The van der Waals surface area contributed by atoms with Gasteiger partial charge in [-0.25, -0.2) is 9.97 Å². The maximum Gasteiger partial charge on any atom is 0.271 e. The minimum atomic E-state index is -0.225. The average Bonchev–Trinajstić information content (AvgIpc) is 3.00. The van der Waals surface area contributed by atoms with Gasteiger partial charge in [-0.3, -0.25) is 9.36 Å². The lowest BCUT2D eigenvalue weighted by Crippen LogP contribution is -2.23. The highest BCUT2D eigenvalue weighted by Crippen LogP contribution is 2.20. The Balaban J connectivity index is 2.00. The zero-order valence-corrected chi connectivity index (χ0v) is 14.7. The second-order valence-corrected chi connectivity index (χ2v) is 6.02. The Labute approximate surface area is 154 Å². The van der Waals surface area contributed by atoms with Crippen LogP contribution in [0.1, 0.15) is 11.4 Å². The van der Waals surface area contributed by atoms with Crippen LogP contribution in [0.15, 0.2) is 60.0 Å². The van der Waals surface area contributed by atoms with Gasteiger partial charge in [-0.2, -0.15) is 9.67 Å². The lowest BCUT2D eigenvalue weighted by molar-refractivity contribution is 0.761. The van der Waals surface area contributed by atoms with Crippen molar-refractivity contribution in [2.24, 2.45) is 0 Å². The number of imidazole rings is 1. The molecule has 0 bridgehead atoms. The Morgan fingerprint density at radius 3 is 2.78 bits per heavy atom. The van der Waals surface area contributed by atoms with E-state index in [1.165, 1.54) is 10.7 Å². The van der Waals surface area contributed by atoms with E-state index in [-0.39, 0.29) is 11.5 Å². The molecule has 0 aliphatic carbocycles. The van der Waals surface area contributed by atoms with Crippen LogP contribution in [0.2, 0.25) is 0 Å². The van der Waals surface area contributed by atoms with Gasteiger partial charge in [0, 0.05) is 12.5 Å². The summed E-state index contributed by atoms with van der Waals surface area (Å²) in [5.41, 5.74) is 8.32. The van der Waals surface area contributed by atoms with Crippen LogP contribution >= 0.6 is 0 Å². The predicted molar refractivity (Wildman–Crippen MR) is 103 cm³/mol. The minimum absolute atomic E-state index is 0.140. The number of para-hydroxylation sites is 1. The number of hydrogen-bond donors (Lipinski definition) is 1. The fourth-order valence-corrected chi connectivity index (χ4v) is 2.94. The third-order valence-corrected chi connectivity index (χ3v) is 4.17. The molecule has 0 fully saturated rings. The van der Waals surface area contributed by atoms with E-state index >= 15 is 0 Å². The lowest BCUT2D eigenvalue weighted by atomic mass is 10.2. The van der Waals surface area contributed by atoms with Crippen molar-refractivity contribution in [3.8, 4) is 11.5 Å². The molecule has 0 saturated carbocycles. The Bertz CT molecular complexity index is 1220. The number of hydrogen-bond acceptors (Lipinski definition) is 6. The fraction of sp³-hybridized carbons (Fsp3) is 0.105. The first-order valence-corrected chi connectivity index (χ1v) is 8.36. The highest BCUT2D eigenvalue weighted by Gasteiger charge is 2.16. The highest BCUT2D eigenvalue weighted by molar-refractivity contribution is 5.73. The summed E-state index contributed by atoms with van der Waals surface area (Å²) in [6.45, 7) is 5.71. The number of aryl methyl sites for hydroxylation is 1. The van der Waals surface area contributed by atoms with Gasteiger partial charge in [-0.15, -0.1) is 11.7 Å². The second-order valence-electron chi connectivity index (χ2n) is 6.02. The molecule has 0 unspecified atom stereocenters. The number of nitrogens with zero attached hydrogens (tertiary/aromatic N) is 6. The van der Waals surface area contributed by atoms with Crippen LogP contribution in [0.4, 0.5) is 5.95 Å². The summed E-state index contributed by atoms with van der Waals surface area (Å²) >= 11 is 0. The number of allylic oxidation sites excluding steroid dienone is 1. The van der Waals surface area contributed by atoms with Gasteiger partial charge in [0.15, 0.2) is 11.5 Å². The summed E-state index contributed by atoms with van der Waals surface area (Å²) < 4.78 is 3.14. The molecule has 0 aliphatic rings. The molecule has 0 aliphatic heterocycles. The number of fused-ring (bicyclic) bond motifs is 1. The number of aromatic nitrogens is 6. The van der Waals surface area contributed by atoms with Crippen molar-refractivity contribution in [1.29, 1.82) is 0 Å². The van der Waals surface area contributed by atoms with E-state index in [2.05, 4.69) is 26.6 Å². The van der Waals surface area contributed by atoms with Crippen LogP contribution in [0, 0.1) is 6.92 Å².